The molecule has 0 spiro atoms. The molecule has 0 aromatic carbocycles. The second-order valence-corrected chi connectivity index (χ2v) is 3.97. The summed E-state index contributed by atoms with van der Waals surface area (Å²) in [5.41, 5.74) is 0. The fourth-order valence-corrected chi connectivity index (χ4v) is 1.52. The minimum absolute atomic E-state index is 0.276. The van der Waals surface area contributed by atoms with E-state index in [1.54, 1.807) is 11.0 Å². The standard InChI is InChI=1S/C10H13ClN6O/c1-17-6-14-8(16-17)3-4-12-9-7(11)5-13-10(15-9)18-2/h5-6H,3-4H2,1-2H3,(H,12,13,15). The quantitative estimate of drug-likeness (QED) is 0.869. The number of aryl methyl sites for hydroxylation is 1. The Kier molecular flexibility index (Phi) is 3.93. The third kappa shape index (κ3) is 3.07. The molecule has 0 bridgehead atoms. The van der Waals surface area contributed by atoms with E-state index >= 15 is 0 Å². The average Bonchev–Trinajstić information content (AvgIpc) is 2.77. The minimum Gasteiger partial charge on any atom is -0.467 e. The van der Waals surface area contributed by atoms with Crippen molar-refractivity contribution in [1.29, 1.82) is 0 Å². The van der Waals surface area contributed by atoms with Gasteiger partial charge in [-0.2, -0.15) is 10.1 Å². The SMILES string of the molecule is COc1ncc(Cl)c(NCCc2ncn(C)n2)n1. The van der Waals surface area contributed by atoms with Gasteiger partial charge in [0.2, 0.25) is 0 Å². The van der Waals surface area contributed by atoms with Gasteiger partial charge in [-0.3, -0.25) is 4.68 Å². The molecule has 0 amide bonds. The molecule has 96 valence electrons. The topological polar surface area (TPSA) is 77.8 Å². The van der Waals surface area contributed by atoms with Gasteiger partial charge in [0.15, 0.2) is 11.6 Å². The predicted octanol–water partition coefficient (Wildman–Crippen LogP) is 0.922. The van der Waals surface area contributed by atoms with Crippen LogP contribution in [0.2, 0.25) is 5.02 Å². The van der Waals surface area contributed by atoms with E-state index < -0.39 is 0 Å². The maximum absolute atomic E-state index is 5.96. The number of hydrogen-bond acceptors (Lipinski definition) is 6. The first-order chi connectivity index (χ1) is 8.69. The Balaban J connectivity index is 1.93. The van der Waals surface area contributed by atoms with Gasteiger partial charge in [-0.15, -0.1) is 0 Å². The highest BCUT2D eigenvalue weighted by Gasteiger charge is 2.05. The third-order valence-corrected chi connectivity index (χ3v) is 2.47. The molecule has 7 nitrogen and oxygen atoms in total. The zero-order valence-corrected chi connectivity index (χ0v) is 10.8. The summed E-state index contributed by atoms with van der Waals surface area (Å²) in [5, 5.41) is 7.72. The van der Waals surface area contributed by atoms with Gasteiger partial charge in [-0.25, -0.2) is 9.97 Å². The average molecular weight is 269 g/mol. The molecule has 0 aliphatic rings. The van der Waals surface area contributed by atoms with E-state index in [4.69, 9.17) is 16.3 Å². The zero-order valence-electron chi connectivity index (χ0n) is 10.1. The van der Waals surface area contributed by atoms with Crippen molar-refractivity contribution in [2.75, 3.05) is 19.0 Å². The van der Waals surface area contributed by atoms with Crippen molar-refractivity contribution in [2.45, 2.75) is 6.42 Å². The van der Waals surface area contributed by atoms with Crippen LogP contribution in [0.3, 0.4) is 0 Å². The molecule has 0 radical (unpaired) electrons. The maximum Gasteiger partial charge on any atom is 0.318 e. The number of nitrogens with zero attached hydrogens (tertiary/aromatic N) is 5. The van der Waals surface area contributed by atoms with Crippen molar-refractivity contribution >= 4 is 17.4 Å². The summed E-state index contributed by atoms with van der Waals surface area (Å²) < 4.78 is 6.59. The van der Waals surface area contributed by atoms with E-state index in [9.17, 15) is 0 Å². The van der Waals surface area contributed by atoms with Crippen LogP contribution in [0, 0.1) is 0 Å². The van der Waals surface area contributed by atoms with Crippen LogP contribution < -0.4 is 10.1 Å². The van der Waals surface area contributed by atoms with Gasteiger partial charge in [0, 0.05) is 20.0 Å². The summed E-state index contributed by atoms with van der Waals surface area (Å²) >= 11 is 5.96. The largest absolute Gasteiger partial charge is 0.467 e. The Morgan fingerprint density at radius 1 is 1.44 bits per heavy atom. The fourth-order valence-electron chi connectivity index (χ4n) is 1.36. The summed E-state index contributed by atoms with van der Waals surface area (Å²) in [5.74, 6) is 1.31. The Bertz CT molecular complexity index is 529. The number of aromatic nitrogens is 5. The first-order valence-electron chi connectivity index (χ1n) is 5.34. The van der Waals surface area contributed by atoms with Crippen LogP contribution in [0.15, 0.2) is 12.5 Å². The van der Waals surface area contributed by atoms with Crippen LogP contribution in [-0.2, 0) is 13.5 Å². The van der Waals surface area contributed by atoms with Crippen molar-refractivity contribution in [3.8, 4) is 6.01 Å². The van der Waals surface area contributed by atoms with Gasteiger partial charge >= 0.3 is 6.01 Å². The Morgan fingerprint density at radius 3 is 2.94 bits per heavy atom. The van der Waals surface area contributed by atoms with Crippen molar-refractivity contribution in [1.82, 2.24) is 24.7 Å². The first-order valence-corrected chi connectivity index (χ1v) is 5.71. The van der Waals surface area contributed by atoms with Crippen molar-refractivity contribution in [3.05, 3.63) is 23.4 Å². The van der Waals surface area contributed by atoms with Crippen LogP contribution in [0.4, 0.5) is 5.82 Å². The minimum atomic E-state index is 0.276. The third-order valence-electron chi connectivity index (χ3n) is 2.19. The number of methoxy groups -OCH3 is 1. The second-order valence-electron chi connectivity index (χ2n) is 3.56. The van der Waals surface area contributed by atoms with E-state index in [0.29, 0.717) is 23.8 Å². The van der Waals surface area contributed by atoms with E-state index in [2.05, 4.69) is 25.4 Å². The summed E-state index contributed by atoms with van der Waals surface area (Å²) in [4.78, 5) is 12.1. The molecular formula is C10H13ClN6O. The van der Waals surface area contributed by atoms with Crippen molar-refractivity contribution in [2.24, 2.45) is 7.05 Å². The molecular weight excluding hydrogens is 256 g/mol. The Labute approximate surface area is 109 Å². The van der Waals surface area contributed by atoms with Crippen LogP contribution in [-0.4, -0.2) is 38.4 Å². The molecule has 0 saturated carbocycles. The number of anilines is 1. The summed E-state index contributed by atoms with van der Waals surface area (Å²) in [6, 6.07) is 0.276. The van der Waals surface area contributed by atoms with E-state index in [0.717, 1.165) is 5.82 Å². The number of ether oxygens (including phenoxy) is 1. The van der Waals surface area contributed by atoms with Crippen LogP contribution in [0.25, 0.3) is 0 Å². The number of halogens is 1. The molecule has 2 rings (SSSR count). The monoisotopic (exact) mass is 268 g/mol. The lowest BCUT2D eigenvalue weighted by molar-refractivity contribution is 0.380. The molecule has 1 N–H and O–H groups in total. The highest BCUT2D eigenvalue weighted by molar-refractivity contribution is 6.32. The van der Waals surface area contributed by atoms with Gasteiger partial charge in [0.1, 0.15) is 11.3 Å². The summed E-state index contributed by atoms with van der Waals surface area (Å²) in [6.07, 6.45) is 3.84. The van der Waals surface area contributed by atoms with Gasteiger partial charge in [-0.05, 0) is 0 Å². The Morgan fingerprint density at radius 2 is 2.28 bits per heavy atom. The fraction of sp³-hybridized carbons (Fsp3) is 0.400. The van der Waals surface area contributed by atoms with Gasteiger partial charge < -0.3 is 10.1 Å². The Hall–Kier alpha value is -1.89. The van der Waals surface area contributed by atoms with Crippen molar-refractivity contribution in [3.63, 3.8) is 0 Å². The number of rotatable bonds is 5. The smallest absolute Gasteiger partial charge is 0.318 e. The molecule has 0 unspecified atom stereocenters. The van der Waals surface area contributed by atoms with Gasteiger partial charge in [0.25, 0.3) is 0 Å². The second kappa shape index (κ2) is 5.63. The molecule has 8 heteroatoms. The molecule has 2 aromatic rings. The molecule has 0 fully saturated rings. The van der Waals surface area contributed by atoms with E-state index in [-0.39, 0.29) is 6.01 Å². The van der Waals surface area contributed by atoms with Gasteiger partial charge in [0.05, 0.1) is 13.3 Å². The normalized spacial score (nSPS) is 10.4. The first kappa shape index (κ1) is 12.6. The predicted molar refractivity (Wildman–Crippen MR) is 66.8 cm³/mol. The molecule has 2 aromatic heterocycles. The summed E-state index contributed by atoms with van der Waals surface area (Å²) in [7, 11) is 3.33. The lowest BCUT2D eigenvalue weighted by atomic mass is 10.4. The molecule has 0 aliphatic heterocycles. The maximum atomic E-state index is 5.96. The molecule has 0 saturated heterocycles. The molecule has 18 heavy (non-hydrogen) atoms. The van der Waals surface area contributed by atoms with E-state index in [1.807, 2.05) is 7.05 Å². The summed E-state index contributed by atoms with van der Waals surface area (Å²) in [6.45, 7) is 0.629. The van der Waals surface area contributed by atoms with Crippen molar-refractivity contribution < 1.29 is 4.74 Å². The zero-order chi connectivity index (χ0) is 13.0. The number of hydrogen-bond donors (Lipinski definition) is 1. The highest BCUT2D eigenvalue weighted by atomic mass is 35.5. The van der Waals surface area contributed by atoms with Crippen LogP contribution in [0.5, 0.6) is 6.01 Å². The molecule has 2 heterocycles. The highest BCUT2D eigenvalue weighted by Crippen LogP contribution is 2.19. The molecule has 0 atom stereocenters. The lowest BCUT2D eigenvalue weighted by Crippen LogP contribution is -2.09. The van der Waals surface area contributed by atoms with Crippen LogP contribution in [0.1, 0.15) is 5.82 Å². The lowest BCUT2D eigenvalue weighted by Gasteiger charge is -2.06. The number of nitrogens with one attached hydrogen (secondary N) is 1. The van der Waals surface area contributed by atoms with Crippen LogP contribution >= 0.6 is 11.6 Å². The van der Waals surface area contributed by atoms with Gasteiger partial charge in [-0.1, -0.05) is 11.6 Å². The van der Waals surface area contributed by atoms with E-state index in [1.165, 1.54) is 13.3 Å². The molecule has 0 aliphatic carbocycles.